The fourth-order valence-electron chi connectivity index (χ4n) is 2.07. The molecule has 1 heterocycles. The SMILES string of the molecule is CO[Si]1(CCC[NH-])O[Si](C)[Si](C)O[Si](CCC[NH-])(OC)O1.[CH2-]CCC.[CH2-]CCC.[Y].[Y]. The molecule has 0 aliphatic carbocycles. The van der Waals surface area contributed by atoms with Gasteiger partial charge in [0.1, 0.15) is 0 Å². The molecule has 0 saturated carbocycles. The minimum Gasteiger partial charge on any atom is -0.677 e. The van der Waals surface area contributed by atoms with Crippen molar-refractivity contribution in [2.24, 2.45) is 0 Å². The normalized spacial score (nSPS) is 23.8. The number of rotatable bonds is 10. The average molecular weight is 659 g/mol. The second-order valence-electron chi connectivity index (χ2n) is 6.61. The van der Waals surface area contributed by atoms with Crippen LogP contribution in [0.4, 0.5) is 0 Å². The van der Waals surface area contributed by atoms with Crippen molar-refractivity contribution in [1.82, 2.24) is 0 Å². The van der Waals surface area contributed by atoms with Crippen LogP contribution in [0.25, 0.3) is 11.5 Å². The van der Waals surface area contributed by atoms with E-state index < -0.39 is 34.7 Å². The summed E-state index contributed by atoms with van der Waals surface area (Å²) in [6, 6.07) is 1.26. The Morgan fingerprint density at radius 3 is 1.26 bits per heavy atom. The van der Waals surface area contributed by atoms with Crippen LogP contribution in [0, 0.1) is 13.8 Å². The van der Waals surface area contributed by atoms with Crippen molar-refractivity contribution in [2.75, 3.05) is 27.3 Å². The molecule has 1 rings (SSSR count). The van der Waals surface area contributed by atoms with Gasteiger partial charge in [-0.2, -0.15) is 25.9 Å². The van der Waals surface area contributed by atoms with Gasteiger partial charge in [0.2, 0.25) is 17.1 Å². The number of nitrogens with one attached hydrogen (secondary N) is 2. The summed E-state index contributed by atoms with van der Waals surface area (Å²) < 4.78 is 30.2. The average Bonchev–Trinajstić information content (AvgIpc) is 2.86. The van der Waals surface area contributed by atoms with Crippen LogP contribution >= 0.6 is 0 Å². The Morgan fingerprint density at radius 1 is 0.774 bits per heavy atom. The number of hydrogen-bond acceptors (Lipinski definition) is 5. The van der Waals surface area contributed by atoms with E-state index in [9.17, 15) is 0 Å². The van der Waals surface area contributed by atoms with Gasteiger partial charge in [0.05, 0.1) is 0 Å². The van der Waals surface area contributed by atoms with Crippen LogP contribution in [0.1, 0.15) is 52.4 Å². The van der Waals surface area contributed by atoms with E-state index in [-0.39, 0.29) is 65.4 Å². The van der Waals surface area contributed by atoms with Crippen LogP contribution in [-0.2, 0) is 86.6 Å². The first-order valence-electron chi connectivity index (χ1n) is 10.5. The number of hydrogen-bond donors (Lipinski definition) is 0. The second-order valence-corrected chi connectivity index (χ2v) is 20.1. The van der Waals surface area contributed by atoms with Gasteiger partial charge in [-0.15, -0.1) is 0 Å². The maximum absolute atomic E-state index is 7.38. The Bertz CT molecular complexity index is 352. The molecule has 0 bridgehead atoms. The molecule has 0 aromatic heterocycles. The van der Waals surface area contributed by atoms with Crippen LogP contribution in [-0.4, -0.2) is 62.0 Å². The van der Waals surface area contributed by atoms with Crippen molar-refractivity contribution >= 4 is 34.7 Å². The van der Waals surface area contributed by atoms with Crippen molar-refractivity contribution in [3.8, 4) is 0 Å². The molecular formula is C18H44N2O5Si4Y2-4. The zero-order chi connectivity index (χ0) is 22.8. The minimum atomic E-state index is -2.84. The van der Waals surface area contributed by atoms with E-state index >= 15 is 0 Å². The Balaban J connectivity index is -0.000000313. The van der Waals surface area contributed by atoms with Gasteiger partial charge in [0.15, 0.2) is 0 Å². The third-order valence-electron chi connectivity index (χ3n) is 4.07. The van der Waals surface area contributed by atoms with Crippen LogP contribution in [0.15, 0.2) is 0 Å². The minimum absolute atomic E-state index is 0. The molecule has 13 heteroatoms. The monoisotopic (exact) mass is 658 g/mol. The molecule has 0 amide bonds. The zero-order valence-corrected chi connectivity index (χ0v) is 30.4. The molecule has 0 aromatic rings. The second kappa shape index (κ2) is 25.9. The molecule has 0 aromatic carbocycles. The van der Waals surface area contributed by atoms with E-state index in [0.717, 1.165) is 12.8 Å². The molecule has 2 N–H and O–H groups in total. The summed E-state index contributed by atoms with van der Waals surface area (Å²) >= 11 is 0. The summed E-state index contributed by atoms with van der Waals surface area (Å²) in [5.74, 6) is 0. The van der Waals surface area contributed by atoms with Crippen molar-refractivity contribution in [3.63, 3.8) is 0 Å². The summed E-state index contributed by atoms with van der Waals surface area (Å²) in [7, 11) is -4.67. The molecule has 4 radical (unpaired) electrons. The van der Waals surface area contributed by atoms with Gasteiger partial charge >= 0.3 is 17.6 Å². The van der Waals surface area contributed by atoms with E-state index in [1.165, 1.54) is 12.8 Å². The van der Waals surface area contributed by atoms with Crippen molar-refractivity contribution < 1.29 is 86.6 Å². The van der Waals surface area contributed by atoms with E-state index in [0.29, 0.717) is 38.0 Å². The topological polar surface area (TPSA) is 93.8 Å². The van der Waals surface area contributed by atoms with Crippen molar-refractivity contribution in [1.29, 1.82) is 0 Å². The third-order valence-corrected chi connectivity index (χ3v) is 20.5. The first-order valence-corrected chi connectivity index (χ1v) is 19.2. The molecule has 2 unspecified atom stereocenters. The standard InChI is InChI=1S/C10H26N2O5Si4.2C4H9.2Y/c1-13-20(9-5-7-11)15-18(3)19(4)16-21(14-2,17-20)10-6-8-12;2*1-3-4-2;;/h11-12H,5-10H2,1-4H3;2*1,3-4H2,2H3;;/q-2;2*-1;;. The largest absolute Gasteiger partial charge is 0.677 e. The van der Waals surface area contributed by atoms with Gasteiger partial charge in [-0.25, -0.2) is 0 Å². The van der Waals surface area contributed by atoms with Crippen LogP contribution in [0.3, 0.4) is 0 Å². The van der Waals surface area contributed by atoms with E-state index in [1.807, 2.05) is 0 Å². The Hall–Kier alpha value is 2.80. The summed E-state index contributed by atoms with van der Waals surface area (Å²) in [6.45, 7) is 16.3. The molecule has 31 heavy (non-hydrogen) atoms. The summed E-state index contributed by atoms with van der Waals surface area (Å²) in [5, 5.41) is 0. The van der Waals surface area contributed by atoms with Gasteiger partial charge < -0.3 is 46.5 Å². The third kappa shape index (κ3) is 18.7. The van der Waals surface area contributed by atoms with E-state index in [1.54, 1.807) is 14.2 Å². The molecular weight excluding hydrogens is 614 g/mol. The number of unbranched alkanes of at least 4 members (excludes halogenated alkanes) is 2. The van der Waals surface area contributed by atoms with E-state index in [4.69, 9.17) is 32.7 Å². The first-order chi connectivity index (χ1) is 13.8. The molecule has 1 fully saturated rings. The van der Waals surface area contributed by atoms with Gasteiger partial charge in [-0.3, -0.25) is 0 Å². The fraction of sp³-hybridized carbons (Fsp3) is 0.889. The van der Waals surface area contributed by atoms with Crippen LogP contribution in [0.5, 0.6) is 0 Å². The van der Waals surface area contributed by atoms with Gasteiger partial charge in [-0.1, -0.05) is 39.5 Å². The summed E-state index contributed by atoms with van der Waals surface area (Å²) in [4.78, 5) is 0. The quantitative estimate of drug-likeness (QED) is 0.223. The molecule has 2 atom stereocenters. The summed E-state index contributed by atoms with van der Waals surface area (Å²) in [6.07, 6.45) is 5.93. The molecule has 1 saturated heterocycles. The Kier molecular flexibility index (Phi) is 34.2. The molecule has 1 aliphatic rings. The Labute approximate surface area is 248 Å². The smallest absolute Gasteiger partial charge is 0.482 e. The predicted octanol–water partition coefficient (Wildman–Crippen LogP) is 5.66. The van der Waals surface area contributed by atoms with Gasteiger partial charge in [0, 0.05) is 91.7 Å². The van der Waals surface area contributed by atoms with Crippen LogP contribution < -0.4 is 0 Å². The maximum Gasteiger partial charge on any atom is 0.482 e. The summed E-state index contributed by atoms with van der Waals surface area (Å²) in [5.41, 5.74) is 14.8. The van der Waals surface area contributed by atoms with Crippen molar-refractivity contribution in [2.45, 2.75) is 77.6 Å². The van der Waals surface area contributed by atoms with E-state index in [2.05, 4.69) is 40.8 Å². The van der Waals surface area contributed by atoms with Gasteiger partial charge in [-0.05, 0) is 13.1 Å². The maximum atomic E-state index is 7.38. The predicted molar refractivity (Wildman–Crippen MR) is 130 cm³/mol. The molecule has 1 aliphatic heterocycles. The Morgan fingerprint density at radius 2 is 1.06 bits per heavy atom. The van der Waals surface area contributed by atoms with Crippen LogP contribution in [0.2, 0.25) is 25.2 Å². The van der Waals surface area contributed by atoms with Crippen molar-refractivity contribution in [3.05, 3.63) is 25.3 Å². The molecule has 182 valence electrons. The molecule has 7 nitrogen and oxygen atoms in total. The first kappa shape index (κ1) is 40.9. The van der Waals surface area contributed by atoms with Gasteiger partial charge in [0.25, 0.3) is 0 Å². The molecule has 0 spiro atoms. The zero-order valence-electron chi connectivity index (χ0n) is 20.7. The fourth-order valence-corrected chi connectivity index (χ4v) is 19.9.